The molecule has 9 rings (SSSR count). The number of carbonyl (C=O) groups excluding carboxylic acids is 1. The number of ether oxygens (including phenoxy) is 7. The fourth-order valence-corrected chi connectivity index (χ4v) is 15.7. The minimum absolute atomic E-state index is 0.0312. The predicted molar refractivity (Wildman–Crippen MR) is 201 cm³/mol. The zero-order valence-electron chi connectivity index (χ0n) is 35.3. The Kier molecular flexibility index (Phi) is 9.65. The lowest BCUT2D eigenvalue weighted by molar-refractivity contribution is -0.420. The zero-order valence-corrected chi connectivity index (χ0v) is 35.3. The van der Waals surface area contributed by atoms with E-state index >= 15 is 0 Å². The van der Waals surface area contributed by atoms with Crippen LogP contribution >= 0.6 is 0 Å². The normalized spacial score (nSPS) is 57.9. The molecule has 15 nitrogen and oxygen atoms in total. The summed E-state index contributed by atoms with van der Waals surface area (Å²) in [6, 6.07) is 0. The number of rotatable bonds is 7. The Bertz CT molecular complexity index is 1640. The van der Waals surface area contributed by atoms with Gasteiger partial charge in [0.15, 0.2) is 18.4 Å². The minimum Gasteiger partial charge on any atom is -0.459 e. The number of hydrogen-bond acceptors (Lipinski definition) is 15. The van der Waals surface area contributed by atoms with E-state index in [2.05, 4.69) is 34.6 Å². The third-order valence-electron chi connectivity index (χ3n) is 18.7. The van der Waals surface area contributed by atoms with Gasteiger partial charge in [-0.15, -0.1) is 0 Å². The Morgan fingerprint density at radius 3 is 2.16 bits per heavy atom. The fourth-order valence-electron chi connectivity index (χ4n) is 15.7. The maximum Gasteiger partial charge on any atom is 0.303 e. The van der Waals surface area contributed by atoms with E-state index in [0.29, 0.717) is 18.8 Å². The highest BCUT2D eigenvalue weighted by Crippen LogP contribution is 2.90. The van der Waals surface area contributed by atoms with Gasteiger partial charge in [-0.25, -0.2) is 0 Å². The van der Waals surface area contributed by atoms with Crippen molar-refractivity contribution in [3.05, 3.63) is 0 Å². The molecule has 5 saturated carbocycles. The third kappa shape index (κ3) is 5.29. The molecule has 4 heterocycles. The van der Waals surface area contributed by atoms with Gasteiger partial charge in [-0.2, -0.15) is 0 Å². The molecule has 2 bridgehead atoms. The number of carbonyl (C=O) groups is 1. The van der Waals surface area contributed by atoms with E-state index in [9.17, 15) is 40.5 Å². The van der Waals surface area contributed by atoms with E-state index in [1.54, 1.807) is 13.8 Å². The van der Waals surface area contributed by atoms with Crippen LogP contribution in [0.4, 0.5) is 0 Å². The van der Waals surface area contributed by atoms with Crippen LogP contribution in [0.15, 0.2) is 0 Å². The summed E-state index contributed by atoms with van der Waals surface area (Å²) in [5, 5.41) is 73.0. The van der Waals surface area contributed by atoms with Gasteiger partial charge in [0, 0.05) is 24.7 Å². The summed E-state index contributed by atoms with van der Waals surface area (Å²) < 4.78 is 45.5. The lowest BCUT2D eigenvalue weighted by atomic mass is 9.41. The molecule has 2 spiro atoms. The van der Waals surface area contributed by atoms with Crippen molar-refractivity contribution in [2.45, 2.75) is 204 Å². The van der Waals surface area contributed by atoms with Gasteiger partial charge in [0.1, 0.15) is 60.5 Å². The van der Waals surface area contributed by atoms with Gasteiger partial charge in [0.25, 0.3) is 0 Å². The number of fused-ring (bicyclic) bond motifs is 7. The summed E-state index contributed by atoms with van der Waals surface area (Å²) in [7, 11) is 0. The van der Waals surface area contributed by atoms with Gasteiger partial charge in [-0.05, 0) is 106 Å². The molecule has 21 atom stereocenters. The van der Waals surface area contributed by atoms with Crippen LogP contribution in [0.3, 0.4) is 0 Å². The largest absolute Gasteiger partial charge is 0.459 e. The molecule has 9 fully saturated rings. The number of esters is 1. The molecule has 15 heteroatoms. The Balaban J connectivity index is 1.02. The quantitative estimate of drug-likeness (QED) is 0.143. The molecule has 7 N–H and O–H groups in total. The first kappa shape index (κ1) is 42.3. The second-order valence-electron chi connectivity index (χ2n) is 21.7. The molecule has 5 aliphatic carbocycles. The Hall–Kier alpha value is -1.05. The van der Waals surface area contributed by atoms with E-state index in [1.165, 1.54) is 6.92 Å². The lowest BCUT2D eigenvalue weighted by Crippen LogP contribution is -2.67. The number of hydrogen-bond donors (Lipinski definition) is 7. The summed E-state index contributed by atoms with van der Waals surface area (Å²) in [6.07, 6.45) is -5.67. The van der Waals surface area contributed by atoms with Crippen molar-refractivity contribution in [1.82, 2.24) is 0 Å². The molecule has 0 aromatic carbocycles. The van der Waals surface area contributed by atoms with Crippen molar-refractivity contribution in [2.24, 2.45) is 44.8 Å². The van der Waals surface area contributed by atoms with Crippen molar-refractivity contribution in [3.63, 3.8) is 0 Å². The first-order valence-electron chi connectivity index (χ1n) is 21.8. The summed E-state index contributed by atoms with van der Waals surface area (Å²) >= 11 is 0. The van der Waals surface area contributed by atoms with Gasteiger partial charge in [0.2, 0.25) is 0 Å². The van der Waals surface area contributed by atoms with Crippen LogP contribution < -0.4 is 0 Å². The highest BCUT2D eigenvalue weighted by Gasteiger charge is 2.87. The van der Waals surface area contributed by atoms with Crippen molar-refractivity contribution in [1.29, 1.82) is 0 Å². The SMILES string of the molecule is CC(=O)O[C@H]1[C@@H]2O[C@@]3(C(C)(C)O[C@@H]4O[C@H](CO)[C@@H](O)[C@H](O)[C@H]4O)CC[C@](C)(O3)C2[C@@]2(C)CC[C@@]34C[C@@]35CC[C@H](O[C@@H]3OC[C@@H](O)[C@H](O)[C@H]3O)C(C)(C)[C@@H]5CC[C@H]4[C@]12C. The van der Waals surface area contributed by atoms with Gasteiger partial charge in [-0.1, -0.05) is 27.7 Å². The second-order valence-corrected chi connectivity index (χ2v) is 21.7. The van der Waals surface area contributed by atoms with Crippen LogP contribution in [0, 0.1) is 44.8 Å². The van der Waals surface area contributed by atoms with E-state index in [1.807, 2.05) is 0 Å². The smallest absolute Gasteiger partial charge is 0.303 e. The molecule has 9 aliphatic rings. The molecule has 4 saturated heterocycles. The Morgan fingerprint density at radius 2 is 1.47 bits per heavy atom. The van der Waals surface area contributed by atoms with Crippen LogP contribution in [0.1, 0.15) is 113 Å². The molecule has 4 aliphatic heterocycles. The van der Waals surface area contributed by atoms with Crippen LogP contribution in [-0.2, 0) is 38.0 Å². The van der Waals surface area contributed by atoms with E-state index < -0.39 is 96.5 Å². The monoisotopic (exact) mass is 824 g/mol. The number of aliphatic hydroxyl groups is 7. The summed E-state index contributed by atoms with van der Waals surface area (Å²) in [5.74, 6) is -1.25. The van der Waals surface area contributed by atoms with Crippen LogP contribution in [-0.4, -0.2) is 146 Å². The van der Waals surface area contributed by atoms with Crippen LogP contribution in [0.5, 0.6) is 0 Å². The van der Waals surface area contributed by atoms with Gasteiger partial charge in [-0.3, -0.25) is 4.79 Å². The van der Waals surface area contributed by atoms with Crippen LogP contribution in [0.25, 0.3) is 0 Å². The highest BCUT2D eigenvalue weighted by molar-refractivity contribution is 5.66. The minimum atomic E-state index is -1.61. The van der Waals surface area contributed by atoms with E-state index in [4.69, 9.17) is 33.2 Å². The second kappa shape index (κ2) is 13.2. The molecule has 0 aromatic rings. The standard InChI is InChI=1S/C43H68O15/c1-20(45)53-33-31-32(39(7)14-16-43(56-31,58-39)37(4,5)57-35-30(51)28(49)27(48)22(17-44)54-35)38(6)13-15-42-19-41(42)12-11-25(55-34-29(50)26(47)21(46)18-52-34)36(2,3)23(41)9-10-24(42)40(33,38)8/h21-35,44,46-51H,9-19H2,1-8H3/t21-,22-,23+,24+,25+,26+,27-,28+,29-,30-,31-,32?,33+,34+,35+,38-,39+,40-,41-,42+,43+/m1/s1. The topological polar surface area (TPSA) is 223 Å². The molecule has 1 unspecified atom stereocenters. The molecule has 0 amide bonds. The molecular weight excluding hydrogens is 756 g/mol. The lowest BCUT2D eigenvalue weighted by Gasteiger charge is -2.64. The van der Waals surface area contributed by atoms with E-state index in [-0.39, 0.29) is 52.2 Å². The average molecular weight is 825 g/mol. The van der Waals surface area contributed by atoms with Crippen molar-refractivity contribution < 1.29 is 73.7 Å². The summed E-state index contributed by atoms with van der Waals surface area (Å²) in [6.45, 7) is 15.8. The maximum atomic E-state index is 13.3. The van der Waals surface area contributed by atoms with Crippen molar-refractivity contribution >= 4 is 5.97 Å². The number of aliphatic hydroxyl groups excluding tert-OH is 7. The van der Waals surface area contributed by atoms with Gasteiger partial charge >= 0.3 is 5.97 Å². The summed E-state index contributed by atoms with van der Waals surface area (Å²) in [5.41, 5.74) is -2.92. The first-order chi connectivity index (χ1) is 27.0. The highest BCUT2D eigenvalue weighted by atomic mass is 16.8. The van der Waals surface area contributed by atoms with Gasteiger partial charge < -0.3 is 68.9 Å². The van der Waals surface area contributed by atoms with Crippen LogP contribution in [0.2, 0.25) is 0 Å². The Morgan fingerprint density at radius 1 is 0.793 bits per heavy atom. The first-order valence-corrected chi connectivity index (χ1v) is 21.8. The Labute approximate surface area is 341 Å². The average Bonchev–Trinajstić information content (AvgIpc) is 3.67. The maximum absolute atomic E-state index is 13.3. The summed E-state index contributed by atoms with van der Waals surface area (Å²) in [4.78, 5) is 13.3. The molecule has 58 heavy (non-hydrogen) atoms. The van der Waals surface area contributed by atoms with E-state index in [0.717, 1.165) is 44.9 Å². The predicted octanol–water partition coefficient (Wildman–Crippen LogP) is 1.66. The van der Waals surface area contributed by atoms with Crippen molar-refractivity contribution in [3.8, 4) is 0 Å². The molecule has 0 aromatic heterocycles. The molecule has 0 radical (unpaired) electrons. The van der Waals surface area contributed by atoms with Crippen molar-refractivity contribution in [2.75, 3.05) is 13.2 Å². The molecular formula is C43H68O15. The fraction of sp³-hybridized carbons (Fsp3) is 0.977. The third-order valence-corrected chi connectivity index (χ3v) is 18.7. The zero-order chi connectivity index (χ0) is 42.0. The van der Waals surface area contributed by atoms with Gasteiger partial charge in [0.05, 0.1) is 24.9 Å². The molecule has 330 valence electrons.